The summed E-state index contributed by atoms with van der Waals surface area (Å²) in [6.07, 6.45) is 0. The van der Waals surface area contributed by atoms with Crippen molar-refractivity contribution in [1.82, 2.24) is 0 Å². The van der Waals surface area contributed by atoms with Crippen LogP contribution in [0.25, 0.3) is 0 Å². The summed E-state index contributed by atoms with van der Waals surface area (Å²) in [6, 6.07) is 33.5. The van der Waals surface area contributed by atoms with E-state index in [4.69, 9.17) is 10.6 Å². The lowest BCUT2D eigenvalue weighted by atomic mass is 9.61. The molecule has 4 aromatic carbocycles. The lowest BCUT2D eigenvalue weighted by molar-refractivity contribution is 0.433. The monoisotopic (exact) mass is 362 g/mol. The number of hydrogen-bond donors (Lipinski definition) is 1. The minimum absolute atomic E-state index is 0.478. The smallest absolute Gasteiger partial charge is 0.132 e. The van der Waals surface area contributed by atoms with Crippen molar-refractivity contribution in [3.05, 3.63) is 119 Å². The van der Waals surface area contributed by atoms with E-state index in [9.17, 15) is 0 Å². The Morgan fingerprint density at radius 3 is 1.43 bits per heavy atom. The maximum atomic E-state index is 6.59. The second-order valence-electron chi connectivity index (χ2n) is 7.25. The number of nitrogens with two attached hydrogens (primary N) is 1. The molecule has 0 aliphatic carbocycles. The first-order valence-electron chi connectivity index (χ1n) is 9.42. The zero-order valence-electron chi connectivity index (χ0n) is 15.2. The third-order valence-electron chi connectivity index (χ3n) is 5.94. The molecule has 28 heavy (non-hydrogen) atoms. The van der Waals surface area contributed by atoms with Crippen LogP contribution in [0.1, 0.15) is 22.3 Å². The lowest BCUT2D eigenvalue weighted by Gasteiger charge is -2.47. The Labute approximate surface area is 163 Å². The third kappa shape index (κ3) is 1.77. The van der Waals surface area contributed by atoms with Gasteiger partial charge in [0.1, 0.15) is 11.5 Å². The predicted molar refractivity (Wildman–Crippen MR) is 111 cm³/mol. The lowest BCUT2D eigenvalue weighted by Crippen LogP contribution is -2.42. The van der Waals surface area contributed by atoms with Gasteiger partial charge in [-0.25, -0.2) is 5.84 Å². The van der Waals surface area contributed by atoms with E-state index in [2.05, 4.69) is 60.7 Å². The van der Waals surface area contributed by atoms with Crippen molar-refractivity contribution in [3.63, 3.8) is 0 Å². The molecule has 1 spiro atoms. The van der Waals surface area contributed by atoms with Crippen molar-refractivity contribution in [1.29, 1.82) is 0 Å². The number of hydrazine groups is 1. The largest absolute Gasteiger partial charge is 0.457 e. The molecule has 2 N–H and O–H groups in total. The zero-order chi connectivity index (χ0) is 18.7. The second-order valence-corrected chi connectivity index (χ2v) is 7.25. The molecular formula is C25H18N2O. The van der Waals surface area contributed by atoms with Gasteiger partial charge < -0.3 is 4.74 Å². The van der Waals surface area contributed by atoms with Crippen molar-refractivity contribution in [2.75, 3.05) is 5.01 Å². The fourth-order valence-electron chi connectivity index (χ4n) is 4.85. The van der Waals surface area contributed by atoms with Gasteiger partial charge in [0.25, 0.3) is 0 Å². The number of anilines is 2. The fraction of sp³-hybridized carbons (Fsp3) is 0.0400. The van der Waals surface area contributed by atoms with Crippen LogP contribution in [0.15, 0.2) is 97.1 Å². The van der Waals surface area contributed by atoms with Gasteiger partial charge in [0.15, 0.2) is 0 Å². The molecule has 0 fully saturated rings. The molecule has 2 aliphatic heterocycles. The maximum Gasteiger partial charge on any atom is 0.132 e. The van der Waals surface area contributed by atoms with E-state index in [1.165, 1.54) is 11.1 Å². The summed E-state index contributed by atoms with van der Waals surface area (Å²) < 4.78 is 6.32. The van der Waals surface area contributed by atoms with Crippen LogP contribution in [0.4, 0.5) is 11.4 Å². The molecular weight excluding hydrogens is 344 g/mol. The summed E-state index contributed by atoms with van der Waals surface area (Å²) in [6.45, 7) is 0. The second kappa shape index (κ2) is 5.47. The van der Waals surface area contributed by atoms with Gasteiger partial charge >= 0.3 is 0 Å². The molecule has 2 aliphatic rings. The van der Waals surface area contributed by atoms with Crippen molar-refractivity contribution >= 4 is 11.4 Å². The minimum atomic E-state index is -0.478. The molecule has 0 unspecified atom stereocenters. The van der Waals surface area contributed by atoms with Gasteiger partial charge in [-0.1, -0.05) is 72.8 Å². The van der Waals surface area contributed by atoms with Crippen LogP contribution in [0.3, 0.4) is 0 Å². The summed E-state index contributed by atoms with van der Waals surface area (Å²) in [4.78, 5) is 0. The van der Waals surface area contributed by atoms with Crippen LogP contribution >= 0.6 is 0 Å². The highest BCUT2D eigenvalue weighted by Crippen LogP contribution is 2.60. The van der Waals surface area contributed by atoms with E-state index >= 15 is 0 Å². The van der Waals surface area contributed by atoms with Gasteiger partial charge in [0, 0.05) is 11.1 Å². The number of fused-ring (bicyclic) bond motifs is 8. The number of nitrogens with zero attached hydrogens (tertiary/aromatic N) is 1. The van der Waals surface area contributed by atoms with E-state index in [1.54, 1.807) is 5.01 Å². The summed E-state index contributed by atoms with van der Waals surface area (Å²) >= 11 is 0. The molecule has 0 amide bonds. The van der Waals surface area contributed by atoms with Crippen molar-refractivity contribution in [3.8, 4) is 11.5 Å². The van der Waals surface area contributed by atoms with Gasteiger partial charge in [-0.2, -0.15) is 0 Å². The first-order chi connectivity index (χ1) is 13.8. The molecule has 0 saturated carbocycles. The Morgan fingerprint density at radius 1 is 0.536 bits per heavy atom. The van der Waals surface area contributed by atoms with Crippen molar-refractivity contribution in [2.45, 2.75) is 5.41 Å². The summed E-state index contributed by atoms with van der Waals surface area (Å²) in [5.41, 5.74) is 6.15. The Bertz CT molecular complexity index is 1140. The van der Waals surface area contributed by atoms with Crippen molar-refractivity contribution < 1.29 is 4.74 Å². The number of para-hydroxylation sites is 4. The molecule has 0 bridgehead atoms. The quantitative estimate of drug-likeness (QED) is 0.370. The van der Waals surface area contributed by atoms with E-state index in [1.807, 2.05) is 36.4 Å². The van der Waals surface area contributed by atoms with Crippen molar-refractivity contribution in [2.24, 2.45) is 5.84 Å². The van der Waals surface area contributed by atoms with Crippen LogP contribution < -0.4 is 15.6 Å². The van der Waals surface area contributed by atoms with Gasteiger partial charge in [0.2, 0.25) is 0 Å². The van der Waals surface area contributed by atoms with Crippen LogP contribution in [-0.4, -0.2) is 0 Å². The Balaban J connectivity index is 1.86. The van der Waals surface area contributed by atoms with Gasteiger partial charge in [-0.05, 0) is 35.4 Å². The highest BCUT2D eigenvalue weighted by molar-refractivity contribution is 5.85. The third-order valence-corrected chi connectivity index (χ3v) is 5.94. The normalized spacial score (nSPS) is 15.1. The molecule has 0 saturated heterocycles. The van der Waals surface area contributed by atoms with Gasteiger partial charge in [-0.15, -0.1) is 0 Å². The van der Waals surface area contributed by atoms with Gasteiger partial charge in [0.05, 0.1) is 16.8 Å². The molecule has 134 valence electrons. The van der Waals surface area contributed by atoms with Crippen LogP contribution in [0, 0.1) is 0 Å². The molecule has 6 rings (SSSR count). The SMILES string of the molecule is NN1c2ccccc2C2(c3ccccc3Oc3ccccc32)c2ccccc21. The molecule has 3 nitrogen and oxygen atoms in total. The number of ether oxygens (including phenoxy) is 1. The average Bonchev–Trinajstić information content (AvgIpc) is 2.77. The number of hydrogen-bond acceptors (Lipinski definition) is 3. The Kier molecular flexibility index (Phi) is 3.03. The van der Waals surface area contributed by atoms with E-state index in [-0.39, 0.29) is 0 Å². The molecule has 3 heteroatoms. The molecule has 0 radical (unpaired) electrons. The predicted octanol–water partition coefficient (Wildman–Crippen LogP) is 5.50. The standard InChI is InChI=1S/C25H18N2O/c26-27-21-13-5-1-9-17(21)25(18-10-2-6-14-22(18)27)19-11-3-7-15-23(19)28-24-16-8-4-12-20(24)25/h1-16H,26H2. The topological polar surface area (TPSA) is 38.5 Å². The molecule has 4 aromatic rings. The van der Waals surface area contributed by atoms with Crippen LogP contribution in [0.5, 0.6) is 11.5 Å². The van der Waals surface area contributed by atoms with Crippen LogP contribution in [-0.2, 0) is 5.41 Å². The van der Waals surface area contributed by atoms with E-state index in [0.29, 0.717) is 0 Å². The summed E-state index contributed by atoms with van der Waals surface area (Å²) in [7, 11) is 0. The van der Waals surface area contributed by atoms with E-state index in [0.717, 1.165) is 34.0 Å². The Hall–Kier alpha value is -3.56. The van der Waals surface area contributed by atoms with Gasteiger partial charge in [-0.3, -0.25) is 5.01 Å². The Morgan fingerprint density at radius 2 is 0.929 bits per heavy atom. The van der Waals surface area contributed by atoms with Crippen LogP contribution in [0.2, 0.25) is 0 Å². The zero-order valence-corrected chi connectivity index (χ0v) is 15.2. The molecule has 0 aromatic heterocycles. The average molecular weight is 362 g/mol. The molecule has 0 atom stereocenters. The minimum Gasteiger partial charge on any atom is -0.457 e. The molecule has 2 heterocycles. The number of benzene rings is 4. The summed E-state index contributed by atoms with van der Waals surface area (Å²) in [5, 5.41) is 1.80. The highest BCUT2D eigenvalue weighted by Gasteiger charge is 2.50. The first-order valence-corrected chi connectivity index (χ1v) is 9.42. The summed E-state index contributed by atoms with van der Waals surface area (Å²) in [5.74, 6) is 8.36. The fourth-order valence-corrected chi connectivity index (χ4v) is 4.85. The highest BCUT2D eigenvalue weighted by atomic mass is 16.5. The maximum absolute atomic E-state index is 6.59. The van der Waals surface area contributed by atoms with E-state index < -0.39 is 5.41 Å². The number of rotatable bonds is 0. The first kappa shape index (κ1) is 15.5.